The summed E-state index contributed by atoms with van der Waals surface area (Å²) in [4.78, 5) is 8.17. The fraction of sp³-hybridized carbons (Fsp3) is 0.682. The second-order valence-electron chi connectivity index (χ2n) is 8.69. The van der Waals surface area contributed by atoms with E-state index in [1.54, 1.807) is 0 Å². The van der Waals surface area contributed by atoms with E-state index in [4.69, 9.17) is 4.99 Å². The predicted octanol–water partition coefficient (Wildman–Crippen LogP) is 4.66. The number of amidine groups is 1. The Hall–Kier alpha value is -1.51. The van der Waals surface area contributed by atoms with Gasteiger partial charge in [0, 0.05) is 38.2 Å². The first-order valence-corrected chi connectivity index (χ1v) is 10.4. The van der Waals surface area contributed by atoms with Crippen LogP contribution in [-0.2, 0) is 0 Å². The van der Waals surface area contributed by atoms with Crippen molar-refractivity contribution in [3.05, 3.63) is 29.8 Å². The molecule has 3 nitrogen and oxygen atoms in total. The Balaban J connectivity index is 1.48. The number of piperidine rings is 1. The third-order valence-electron chi connectivity index (χ3n) is 7.56. The van der Waals surface area contributed by atoms with Crippen LogP contribution in [0.3, 0.4) is 0 Å². The molecular formula is C22H31N3. The highest BCUT2D eigenvalue weighted by atomic mass is 15.2. The molecule has 2 bridgehead atoms. The van der Waals surface area contributed by atoms with Crippen LogP contribution in [0.5, 0.6) is 0 Å². The fourth-order valence-electron chi connectivity index (χ4n) is 6.42. The number of hydrogen-bond acceptors (Lipinski definition) is 3. The summed E-state index contributed by atoms with van der Waals surface area (Å²) in [6.45, 7) is 2.48. The summed E-state index contributed by atoms with van der Waals surface area (Å²) < 4.78 is 0. The monoisotopic (exact) mass is 337 g/mol. The molecule has 2 aliphatic carbocycles. The van der Waals surface area contributed by atoms with Crippen LogP contribution < -0.4 is 5.32 Å². The molecular weight excluding hydrogens is 306 g/mol. The van der Waals surface area contributed by atoms with Gasteiger partial charge in [-0.05, 0) is 74.5 Å². The van der Waals surface area contributed by atoms with E-state index in [0.29, 0.717) is 5.92 Å². The normalized spacial score (nSPS) is 36.9. The molecule has 4 unspecified atom stereocenters. The fourth-order valence-corrected chi connectivity index (χ4v) is 6.42. The van der Waals surface area contributed by atoms with E-state index >= 15 is 0 Å². The first kappa shape index (κ1) is 15.7. The molecule has 1 aromatic rings. The molecule has 3 heteroatoms. The maximum atomic E-state index is 5.55. The van der Waals surface area contributed by atoms with Crippen molar-refractivity contribution in [1.82, 2.24) is 4.90 Å². The first-order chi connectivity index (χ1) is 12.3. The number of fused-ring (bicyclic) bond motifs is 3. The second kappa shape index (κ2) is 6.03. The largest absolute Gasteiger partial charge is 0.388 e. The van der Waals surface area contributed by atoms with Gasteiger partial charge in [-0.1, -0.05) is 12.1 Å². The number of aliphatic imine (C=N–C) groups is 1. The molecule has 25 heavy (non-hydrogen) atoms. The minimum absolute atomic E-state index is 0.219. The van der Waals surface area contributed by atoms with Gasteiger partial charge in [0.05, 0.1) is 11.4 Å². The second-order valence-corrected chi connectivity index (χ2v) is 8.69. The molecule has 2 saturated carbocycles. The quantitative estimate of drug-likeness (QED) is 0.850. The topological polar surface area (TPSA) is 27.6 Å². The molecule has 4 atom stereocenters. The maximum Gasteiger partial charge on any atom is 0.0997 e. The minimum atomic E-state index is 0.219. The molecule has 0 aromatic heterocycles. The van der Waals surface area contributed by atoms with Crippen LogP contribution in [0.15, 0.2) is 29.3 Å². The first-order valence-electron chi connectivity index (χ1n) is 10.4. The summed E-state index contributed by atoms with van der Waals surface area (Å²) >= 11 is 0. The van der Waals surface area contributed by atoms with Gasteiger partial charge in [0.25, 0.3) is 0 Å². The zero-order valence-electron chi connectivity index (χ0n) is 15.5. The molecule has 1 saturated heterocycles. The van der Waals surface area contributed by atoms with Crippen LogP contribution in [0.2, 0.25) is 0 Å². The van der Waals surface area contributed by atoms with Gasteiger partial charge in [-0.2, -0.15) is 0 Å². The minimum Gasteiger partial charge on any atom is -0.388 e. The number of likely N-dealkylation sites (tertiary alicyclic amines) is 1. The molecule has 2 heterocycles. The zero-order chi connectivity index (χ0) is 16.9. The van der Waals surface area contributed by atoms with Crippen LogP contribution in [0, 0.1) is 11.8 Å². The summed E-state index contributed by atoms with van der Waals surface area (Å²) in [7, 11) is 2.00. The third kappa shape index (κ3) is 2.42. The highest BCUT2D eigenvalue weighted by molar-refractivity contribution is 5.85. The number of hydrogen-bond donors (Lipinski definition) is 1. The van der Waals surface area contributed by atoms with Crippen molar-refractivity contribution in [2.45, 2.75) is 62.8 Å². The van der Waals surface area contributed by atoms with E-state index in [-0.39, 0.29) is 5.54 Å². The Bertz CT molecular complexity index is 658. The van der Waals surface area contributed by atoms with E-state index in [0.717, 1.165) is 11.8 Å². The summed E-state index contributed by atoms with van der Waals surface area (Å²) in [6.07, 6.45) is 10.9. The third-order valence-corrected chi connectivity index (χ3v) is 7.56. The number of nitrogens with zero attached hydrogens (tertiary/aromatic N) is 2. The van der Waals surface area contributed by atoms with Crippen molar-refractivity contribution in [2.24, 2.45) is 16.8 Å². The van der Waals surface area contributed by atoms with Gasteiger partial charge in [0.1, 0.15) is 0 Å². The van der Waals surface area contributed by atoms with E-state index in [9.17, 15) is 0 Å². The van der Waals surface area contributed by atoms with Crippen molar-refractivity contribution in [3.8, 4) is 0 Å². The van der Waals surface area contributed by atoms with Crippen LogP contribution in [-0.4, -0.2) is 36.4 Å². The summed E-state index contributed by atoms with van der Waals surface area (Å²) in [5, 5.41) is 3.26. The summed E-state index contributed by atoms with van der Waals surface area (Å²) in [5.74, 6) is 3.78. The average molecular weight is 338 g/mol. The molecule has 134 valence electrons. The van der Waals surface area contributed by atoms with Crippen LogP contribution >= 0.6 is 0 Å². The molecule has 1 N–H and O–H groups in total. The van der Waals surface area contributed by atoms with Gasteiger partial charge >= 0.3 is 0 Å². The van der Waals surface area contributed by atoms with Gasteiger partial charge in [-0.15, -0.1) is 0 Å². The number of anilines is 1. The van der Waals surface area contributed by atoms with Crippen LogP contribution in [0.1, 0.15) is 62.8 Å². The van der Waals surface area contributed by atoms with Crippen molar-refractivity contribution in [2.75, 3.05) is 25.5 Å². The van der Waals surface area contributed by atoms with Crippen LogP contribution in [0.4, 0.5) is 5.69 Å². The highest BCUT2D eigenvalue weighted by Crippen LogP contribution is 2.63. The van der Waals surface area contributed by atoms with E-state index < -0.39 is 0 Å². The number of rotatable bonds is 2. The lowest BCUT2D eigenvalue weighted by Gasteiger charge is -2.39. The van der Waals surface area contributed by atoms with E-state index in [1.165, 1.54) is 81.5 Å². The molecule has 3 fully saturated rings. The molecule has 4 aliphatic rings. The molecule has 1 aromatic carbocycles. The molecule has 1 spiro atoms. The lowest BCUT2D eigenvalue weighted by molar-refractivity contribution is 0.234. The summed E-state index contributed by atoms with van der Waals surface area (Å²) in [5.41, 5.74) is 2.97. The smallest absolute Gasteiger partial charge is 0.0997 e. The Labute approximate surface area is 151 Å². The Morgan fingerprint density at radius 3 is 2.64 bits per heavy atom. The lowest BCUT2D eigenvalue weighted by Crippen LogP contribution is -2.39. The number of benzene rings is 1. The van der Waals surface area contributed by atoms with Gasteiger partial charge in [-0.3, -0.25) is 4.99 Å². The molecule has 2 aliphatic heterocycles. The molecule has 0 amide bonds. The molecule has 0 radical (unpaired) electrons. The van der Waals surface area contributed by atoms with Gasteiger partial charge in [0.15, 0.2) is 0 Å². The van der Waals surface area contributed by atoms with Crippen molar-refractivity contribution in [3.63, 3.8) is 0 Å². The van der Waals surface area contributed by atoms with E-state index in [1.807, 2.05) is 7.05 Å². The average Bonchev–Trinajstić information content (AvgIpc) is 3.38. The van der Waals surface area contributed by atoms with Gasteiger partial charge in [0.2, 0.25) is 0 Å². The predicted molar refractivity (Wildman–Crippen MR) is 104 cm³/mol. The highest BCUT2D eigenvalue weighted by Gasteiger charge is 2.60. The summed E-state index contributed by atoms with van der Waals surface area (Å²) in [6, 6.07) is 9.24. The lowest BCUT2D eigenvalue weighted by atomic mass is 9.69. The van der Waals surface area contributed by atoms with Gasteiger partial charge < -0.3 is 10.2 Å². The van der Waals surface area contributed by atoms with Crippen molar-refractivity contribution >= 4 is 11.5 Å². The van der Waals surface area contributed by atoms with Crippen molar-refractivity contribution in [1.29, 1.82) is 0 Å². The standard InChI is InChI=1S/C22H31N3/c1-23-19-9-6-16(7-10-19)21-17-5-8-18(15-17)22(21)12-11-20(24-22)25-13-3-2-4-14-25/h6-7,9-10,17-18,21,23H,2-5,8,11-15H2,1H3. The Kier molecular flexibility index (Phi) is 3.79. The Morgan fingerprint density at radius 2 is 1.88 bits per heavy atom. The van der Waals surface area contributed by atoms with Crippen molar-refractivity contribution < 1.29 is 0 Å². The van der Waals surface area contributed by atoms with Gasteiger partial charge in [-0.25, -0.2) is 0 Å². The van der Waals surface area contributed by atoms with Crippen LogP contribution in [0.25, 0.3) is 0 Å². The maximum absolute atomic E-state index is 5.55. The number of nitrogens with one attached hydrogen (secondary N) is 1. The molecule has 5 rings (SSSR count). The SMILES string of the molecule is CNc1ccc(C2C3CCC(C3)C23CCC(N2CCCCC2)=N3)cc1. The zero-order valence-corrected chi connectivity index (χ0v) is 15.5. The Morgan fingerprint density at radius 1 is 1.08 bits per heavy atom. The van der Waals surface area contributed by atoms with E-state index in [2.05, 4.69) is 34.5 Å².